The summed E-state index contributed by atoms with van der Waals surface area (Å²) in [4.78, 5) is 25.5. The molecule has 0 bridgehead atoms. The molecule has 4 N–H and O–H groups in total. The Labute approximate surface area is 187 Å². The van der Waals surface area contributed by atoms with E-state index in [0.29, 0.717) is 13.1 Å². The van der Waals surface area contributed by atoms with Gasteiger partial charge in [0.1, 0.15) is 12.3 Å². The Morgan fingerprint density at radius 3 is 2.78 bits per heavy atom. The van der Waals surface area contributed by atoms with Crippen molar-refractivity contribution in [3.8, 4) is 17.0 Å². The summed E-state index contributed by atoms with van der Waals surface area (Å²) in [5, 5.41) is 6.97. The van der Waals surface area contributed by atoms with E-state index in [-0.39, 0.29) is 24.8 Å². The fourth-order valence-electron chi connectivity index (χ4n) is 4.39. The van der Waals surface area contributed by atoms with Crippen LogP contribution in [-0.2, 0) is 22.6 Å². The molecule has 0 unspecified atom stereocenters. The van der Waals surface area contributed by atoms with Crippen molar-refractivity contribution in [3.05, 3.63) is 48.0 Å². The Kier molecular flexibility index (Phi) is 6.75. The number of hydrogen-bond acceptors (Lipinski definition) is 4. The predicted octanol–water partition coefficient (Wildman–Crippen LogP) is 3.45. The van der Waals surface area contributed by atoms with Crippen molar-refractivity contribution in [2.45, 2.75) is 38.6 Å². The third kappa shape index (κ3) is 4.48. The molecule has 7 nitrogen and oxygen atoms in total. The molecule has 0 spiro atoms. The van der Waals surface area contributed by atoms with Crippen molar-refractivity contribution < 1.29 is 14.3 Å². The number of nitrogens with one attached hydrogen (secondary N) is 2. The van der Waals surface area contributed by atoms with E-state index < -0.39 is 0 Å². The monoisotopic (exact) mass is 434 g/mol. The maximum absolute atomic E-state index is 12.9. The minimum absolute atomic E-state index is 0.0413. The number of para-hydroxylation sites is 1. The standard InChI is InChI=1S/C25H30N4O3/c1-32-17-10-11-22-19(14-17)20-15-23(30)28-21-9-5-4-8-18(21)25(20)29(22)16-24(31)27-13-7-3-2-6-12-26/h4-5,8-11,14H,2-3,6-7,12-13,15-16,26H2,1H3,(H,27,31)(H,28,30). The Morgan fingerprint density at radius 2 is 1.97 bits per heavy atom. The van der Waals surface area contributed by atoms with Gasteiger partial charge in [-0.1, -0.05) is 31.0 Å². The van der Waals surface area contributed by atoms with Gasteiger partial charge in [0, 0.05) is 23.0 Å². The predicted molar refractivity (Wildman–Crippen MR) is 127 cm³/mol. The summed E-state index contributed by atoms with van der Waals surface area (Å²) in [6.07, 6.45) is 4.34. The Bertz CT molecular complexity index is 1140. The van der Waals surface area contributed by atoms with Gasteiger partial charge < -0.3 is 25.7 Å². The Morgan fingerprint density at radius 1 is 1.16 bits per heavy atom. The summed E-state index contributed by atoms with van der Waals surface area (Å²) < 4.78 is 7.45. The lowest BCUT2D eigenvalue weighted by molar-refractivity contribution is -0.121. The summed E-state index contributed by atoms with van der Waals surface area (Å²) in [6, 6.07) is 13.5. The van der Waals surface area contributed by atoms with E-state index in [1.54, 1.807) is 7.11 Å². The van der Waals surface area contributed by atoms with Gasteiger partial charge in [0.15, 0.2) is 0 Å². The van der Waals surface area contributed by atoms with Gasteiger partial charge in [0.2, 0.25) is 11.8 Å². The third-order valence-corrected chi connectivity index (χ3v) is 5.92. The molecule has 4 rings (SSSR count). The number of nitrogens with zero attached hydrogens (tertiary/aromatic N) is 1. The summed E-state index contributed by atoms with van der Waals surface area (Å²) in [5.74, 6) is 0.609. The molecule has 0 saturated carbocycles. The molecule has 7 heteroatoms. The first-order chi connectivity index (χ1) is 15.6. The van der Waals surface area contributed by atoms with E-state index in [9.17, 15) is 9.59 Å². The van der Waals surface area contributed by atoms with Crippen LogP contribution in [0.3, 0.4) is 0 Å². The van der Waals surface area contributed by atoms with Crippen LogP contribution in [0.15, 0.2) is 42.5 Å². The van der Waals surface area contributed by atoms with E-state index in [4.69, 9.17) is 10.5 Å². The fraction of sp³-hybridized carbons (Fsp3) is 0.360. The lowest BCUT2D eigenvalue weighted by atomic mass is 10.0. The van der Waals surface area contributed by atoms with Crippen LogP contribution in [0, 0.1) is 0 Å². The van der Waals surface area contributed by atoms with Gasteiger partial charge in [-0.3, -0.25) is 9.59 Å². The molecular formula is C25H30N4O3. The van der Waals surface area contributed by atoms with E-state index in [1.807, 2.05) is 47.0 Å². The molecule has 168 valence electrons. The number of benzene rings is 2. The molecular weight excluding hydrogens is 404 g/mol. The normalized spacial score (nSPS) is 12.6. The van der Waals surface area contributed by atoms with Crippen LogP contribution < -0.4 is 21.1 Å². The van der Waals surface area contributed by atoms with E-state index >= 15 is 0 Å². The fourth-order valence-corrected chi connectivity index (χ4v) is 4.39. The largest absolute Gasteiger partial charge is 0.497 e. The average Bonchev–Trinajstić information content (AvgIpc) is 2.98. The van der Waals surface area contributed by atoms with Crippen molar-refractivity contribution in [3.63, 3.8) is 0 Å². The van der Waals surface area contributed by atoms with E-state index in [1.165, 1.54) is 0 Å². The number of ether oxygens (including phenoxy) is 1. The number of methoxy groups -OCH3 is 1. The van der Waals surface area contributed by atoms with Gasteiger partial charge in [0.25, 0.3) is 0 Å². The summed E-state index contributed by atoms with van der Waals surface area (Å²) in [7, 11) is 1.62. The van der Waals surface area contributed by atoms with Crippen molar-refractivity contribution in [1.29, 1.82) is 0 Å². The number of aromatic nitrogens is 1. The highest BCUT2D eigenvalue weighted by atomic mass is 16.5. The topological polar surface area (TPSA) is 98.4 Å². The van der Waals surface area contributed by atoms with Crippen molar-refractivity contribution in [2.24, 2.45) is 5.73 Å². The molecule has 1 aromatic heterocycles. The number of anilines is 1. The zero-order valence-electron chi connectivity index (χ0n) is 18.4. The number of amides is 2. The first kappa shape index (κ1) is 21.9. The first-order valence-corrected chi connectivity index (χ1v) is 11.2. The molecule has 3 aromatic rings. The number of rotatable bonds is 9. The first-order valence-electron chi connectivity index (χ1n) is 11.2. The maximum atomic E-state index is 12.9. The Hall–Kier alpha value is -3.32. The van der Waals surface area contributed by atoms with Gasteiger partial charge in [-0.2, -0.15) is 0 Å². The van der Waals surface area contributed by atoms with E-state index in [0.717, 1.165) is 64.8 Å². The number of nitrogens with two attached hydrogens (primary N) is 1. The molecule has 2 aromatic carbocycles. The summed E-state index contributed by atoms with van der Waals surface area (Å²) >= 11 is 0. The highest BCUT2D eigenvalue weighted by Crippen LogP contribution is 2.40. The van der Waals surface area contributed by atoms with Gasteiger partial charge >= 0.3 is 0 Å². The van der Waals surface area contributed by atoms with Crippen LogP contribution in [0.2, 0.25) is 0 Å². The van der Waals surface area contributed by atoms with Gasteiger partial charge in [-0.05, 0) is 49.2 Å². The number of hydrogen-bond donors (Lipinski definition) is 3. The van der Waals surface area contributed by atoms with E-state index in [2.05, 4.69) is 10.6 Å². The SMILES string of the molecule is COc1ccc2c(c1)c1c(n2CC(=O)NCCCCCCN)-c2ccccc2NC(=O)C1. The second-order valence-electron chi connectivity index (χ2n) is 8.12. The number of fused-ring (bicyclic) bond motifs is 5. The molecule has 0 fully saturated rings. The summed E-state index contributed by atoms with van der Waals surface area (Å²) in [5.41, 5.74) is 9.94. The minimum Gasteiger partial charge on any atom is -0.497 e. The lowest BCUT2D eigenvalue weighted by Gasteiger charge is -2.14. The lowest BCUT2D eigenvalue weighted by Crippen LogP contribution is -2.28. The molecule has 2 amide bonds. The highest BCUT2D eigenvalue weighted by Gasteiger charge is 2.26. The highest BCUT2D eigenvalue weighted by molar-refractivity contribution is 6.06. The molecule has 0 aliphatic carbocycles. The number of unbranched alkanes of at least 4 members (excludes halogenated alkanes) is 3. The smallest absolute Gasteiger partial charge is 0.239 e. The molecule has 0 saturated heterocycles. The van der Waals surface area contributed by atoms with Crippen molar-refractivity contribution >= 4 is 28.4 Å². The zero-order chi connectivity index (χ0) is 22.5. The Balaban J connectivity index is 1.69. The minimum atomic E-state index is -0.0694. The molecule has 32 heavy (non-hydrogen) atoms. The van der Waals surface area contributed by atoms with Crippen molar-refractivity contribution in [1.82, 2.24) is 9.88 Å². The molecule has 1 aliphatic heterocycles. The molecule has 2 heterocycles. The second kappa shape index (κ2) is 9.87. The van der Waals surface area contributed by atoms with Crippen LogP contribution in [0.4, 0.5) is 5.69 Å². The zero-order valence-corrected chi connectivity index (χ0v) is 18.4. The van der Waals surface area contributed by atoms with Crippen LogP contribution in [0.25, 0.3) is 22.2 Å². The second-order valence-corrected chi connectivity index (χ2v) is 8.12. The molecule has 1 aliphatic rings. The van der Waals surface area contributed by atoms with Gasteiger partial charge in [-0.15, -0.1) is 0 Å². The van der Waals surface area contributed by atoms with Crippen LogP contribution >= 0.6 is 0 Å². The molecule has 0 radical (unpaired) electrons. The van der Waals surface area contributed by atoms with Crippen LogP contribution in [-0.4, -0.2) is 36.6 Å². The van der Waals surface area contributed by atoms with Crippen molar-refractivity contribution in [2.75, 3.05) is 25.5 Å². The van der Waals surface area contributed by atoms with Crippen LogP contribution in [0.1, 0.15) is 31.2 Å². The number of carbonyl (C=O) groups excluding carboxylic acids is 2. The summed E-state index contributed by atoms with van der Waals surface area (Å²) in [6.45, 7) is 1.54. The third-order valence-electron chi connectivity index (χ3n) is 5.92. The quantitative estimate of drug-likeness (QED) is 0.449. The number of carbonyl (C=O) groups is 2. The van der Waals surface area contributed by atoms with Gasteiger partial charge in [-0.25, -0.2) is 0 Å². The maximum Gasteiger partial charge on any atom is 0.239 e. The molecule has 0 atom stereocenters. The average molecular weight is 435 g/mol. The van der Waals surface area contributed by atoms with Crippen LogP contribution in [0.5, 0.6) is 5.75 Å². The van der Waals surface area contributed by atoms with Gasteiger partial charge in [0.05, 0.1) is 24.9 Å².